The van der Waals surface area contributed by atoms with Gasteiger partial charge in [0.1, 0.15) is 17.0 Å². The Kier molecular flexibility index (Phi) is 7.11. The van der Waals surface area contributed by atoms with Crippen molar-refractivity contribution >= 4 is 37.5 Å². The second-order valence-electron chi connectivity index (χ2n) is 8.36. The molecule has 1 aliphatic heterocycles. The smallest absolute Gasteiger partial charge is 0.279 e. The van der Waals surface area contributed by atoms with Crippen LogP contribution in [0.15, 0.2) is 46.3 Å². The molecule has 1 fully saturated rings. The zero-order chi connectivity index (χ0) is 24.5. The lowest BCUT2D eigenvalue weighted by molar-refractivity contribution is 0.0997. The van der Waals surface area contributed by atoms with Crippen LogP contribution in [-0.4, -0.2) is 50.5 Å². The summed E-state index contributed by atoms with van der Waals surface area (Å²) in [6, 6.07) is 9.72. The highest BCUT2D eigenvalue weighted by Gasteiger charge is 2.28. The van der Waals surface area contributed by atoms with Crippen molar-refractivity contribution in [1.82, 2.24) is 8.87 Å². The number of ether oxygens (including phenoxy) is 2. The molecule has 1 unspecified atom stereocenters. The maximum absolute atomic E-state index is 13.0. The highest BCUT2D eigenvalue weighted by molar-refractivity contribution is 7.89. The molecule has 10 heteroatoms. The van der Waals surface area contributed by atoms with Crippen molar-refractivity contribution in [3.05, 3.63) is 46.8 Å². The van der Waals surface area contributed by atoms with Crippen LogP contribution < -0.4 is 14.3 Å². The van der Waals surface area contributed by atoms with E-state index in [1.165, 1.54) is 39.9 Å². The monoisotopic (exact) mass is 503 g/mol. The van der Waals surface area contributed by atoms with E-state index in [-0.39, 0.29) is 4.90 Å². The van der Waals surface area contributed by atoms with Crippen molar-refractivity contribution < 1.29 is 22.7 Å². The van der Waals surface area contributed by atoms with Crippen molar-refractivity contribution in [3.63, 3.8) is 0 Å². The molecule has 2 heterocycles. The number of aromatic nitrogens is 1. The topological polar surface area (TPSA) is 90.2 Å². The SMILES string of the molecule is CCn1c(=NC(=O)c2ccc(S(=O)(=O)N3CCCC(C)C3)cc2)sc2cc(OC)cc(OC)c21. The average Bonchev–Trinajstić information content (AvgIpc) is 3.20. The lowest BCUT2D eigenvalue weighted by atomic mass is 10.0. The summed E-state index contributed by atoms with van der Waals surface area (Å²) in [5.74, 6) is 1.21. The molecule has 2 aromatic carbocycles. The fraction of sp³-hybridized carbons (Fsp3) is 0.417. The molecule has 1 aromatic heterocycles. The third-order valence-electron chi connectivity index (χ3n) is 6.04. The zero-order valence-electron chi connectivity index (χ0n) is 19.8. The summed E-state index contributed by atoms with van der Waals surface area (Å²) in [5.41, 5.74) is 1.18. The van der Waals surface area contributed by atoms with Gasteiger partial charge >= 0.3 is 0 Å². The molecule has 1 saturated heterocycles. The van der Waals surface area contributed by atoms with Gasteiger partial charge in [-0.2, -0.15) is 9.30 Å². The number of methoxy groups -OCH3 is 2. The van der Waals surface area contributed by atoms with Gasteiger partial charge in [0, 0.05) is 31.3 Å². The average molecular weight is 504 g/mol. The van der Waals surface area contributed by atoms with Gasteiger partial charge in [-0.25, -0.2) is 8.42 Å². The van der Waals surface area contributed by atoms with E-state index in [0.29, 0.717) is 47.4 Å². The molecule has 3 aromatic rings. The molecule has 34 heavy (non-hydrogen) atoms. The third kappa shape index (κ3) is 4.62. The Morgan fingerprint density at radius 2 is 1.91 bits per heavy atom. The van der Waals surface area contributed by atoms with Gasteiger partial charge in [-0.15, -0.1) is 0 Å². The molecule has 0 radical (unpaired) electrons. The van der Waals surface area contributed by atoms with Gasteiger partial charge < -0.3 is 14.0 Å². The van der Waals surface area contributed by atoms with Crippen LogP contribution >= 0.6 is 11.3 Å². The van der Waals surface area contributed by atoms with E-state index in [1.54, 1.807) is 20.3 Å². The number of carbonyl (C=O) groups excluding carboxylic acids is 1. The van der Waals surface area contributed by atoms with Crippen LogP contribution in [0.3, 0.4) is 0 Å². The molecule has 4 rings (SSSR count). The Bertz CT molecular complexity index is 1370. The van der Waals surface area contributed by atoms with Crippen molar-refractivity contribution in [2.45, 2.75) is 38.1 Å². The Morgan fingerprint density at radius 3 is 2.53 bits per heavy atom. The van der Waals surface area contributed by atoms with Gasteiger partial charge in [-0.1, -0.05) is 18.3 Å². The molecule has 1 amide bonds. The van der Waals surface area contributed by atoms with Crippen LogP contribution in [0.4, 0.5) is 0 Å². The standard InChI is InChI=1S/C24H29N3O5S2/c1-5-27-22-20(32-4)13-18(31-3)14-21(22)33-24(27)25-23(28)17-8-10-19(11-9-17)34(29,30)26-12-6-7-16(2)15-26/h8-11,13-14,16H,5-7,12,15H2,1-4H3. The predicted octanol–water partition coefficient (Wildman–Crippen LogP) is 3.90. The molecule has 0 saturated carbocycles. The van der Waals surface area contributed by atoms with E-state index in [4.69, 9.17) is 9.47 Å². The van der Waals surface area contributed by atoms with Crippen molar-refractivity contribution in [1.29, 1.82) is 0 Å². The summed E-state index contributed by atoms with van der Waals surface area (Å²) in [5, 5.41) is 0. The number of hydrogen-bond donors (Lipinski definition) is 0. The van der Waals surface area contributed by atoms with Crippen molar-refractivity contribution in [2.24, 2.45) is 10.9 Å². The molecular formula is C24H29N3O5S2. The van der Waals surface area contributed by atoms with E-state index in [0.717, 1.165) is 23.1 Å². The van der Waals surface area contributed by atoms with Gasteiger partial charge in [0.2, 0.25) is 10.0 Å². The summed E-state index contributed by atoms with van der Waals surface area (Å²) < 4.78 is 41.2. The fourth-order valence-corrected chi connectivity index (χ4v) is 6.97. The first-order chi connectivity index (χ1) is 16.3. The first kappa shape index (κ1) is 24.4. The largest absolute Gasteiger partial charge is 0.497 e. The van der Waals surface area contributed by atoms with Crippen LogP contribution in [0.1, 0.15) is 37.0 Å². The van der Waals surface area contributed by atoms with Gasteiger partial charge in [0.25, 0.3) is 5.91 Å². The van der Waals surface area contributed by atoms with E-state index >= 15 is 0 Å². The quantitative estimate of drug-likeness (QED) is 0.509. The first-order valence-corrected chi connectivity index (χ1v) is 13.5. The summed E-state index contributed by atoms with van der Waals surface area (Å²) in [6.07, 6.45) is 1.90. The number of rotatable bonds is 6. The van der Waals surface area contributed by atoms with Crippen LogP contribution in [0, 0.1) is 5.92 Å². The number of sulfonamides is 1. The number of aryl methyl sites for hydroxylation is 1. The third-order valence-corrected chi connectivity index (χ3v) is 8.95. The molecule has 1 aliphatic rings. The fourth-order valence-electron chi connectivity index (χ4n) is 4.24. The van der Waals surface area contributed by atoms with Crippen molar-refractivity contribution in [2.75, 3.05) is 27.3 Å². The second kappa shape index (κ2) is 9.89. The Balaban J connectivity index is 1.67. The molecule has 0 aliphatic carbocycles. The molecule has 0 N–H and O–H groups in total. The Labute approximate surface area is 203 Å². The minimum absolute atomic E-state index is 0.195. The molecule has 8 nitrogen and oxygen atoms in total. The van der Waals surface area contributed by atoms with Gasteiger partial charge in [0.05, 0.1) is 23.8 Å². The molecular weight excluding hydrogens is 474 g/mol. The van der Waals surface area contributed by atoms with Gasteiger partial charge in [-0.05, 0) is 56.0 Å². The summed E-state index contributed by atoms with van der Waals surface area (Å²) in [7, 11) is -0.394. The second-order valence-corrected chi connectivity index (χ2v) is 11.3. The number of benzene rings is 2. The maximum Gasteiger partial charge on any atom is 0.279 e. The number of fused-ring (bicyclic) bond motifs is 1. The lowest BCUT2D eigenvalue weighted by Gasteiger charge is -2.30. The number of thiazole rings is 1. The Morgan fingerprint density at radius 1 is 1.18 bits per heavy atom. The molecule has 1 atom stereocenters. The number of amides is 1. The zero-order valence-corrected chi connectivity index (χ0v) is 21.4. The summed E-state index contributed by atoms with van der Waals surface area (Å²) in [6.45, 7) is 5.68. The van der Waals surface area contributed by atoms with Crippen LogP contribution in [-0.2, 0) is 16.6 Å². The van der Waals surface area contributed by atoms with Crippen LogP contribution in [0.2, 0.25) is 0 Å². The minimum atomic E-state index is -3.58. The normalized spacial score (nSPS) is 17.8. The van der Waals surface area contributed by atoms with Gasteiger partial charge in [0.15, 0.2) is 4.80 Å². The van der Waals surface area contributed by atoms with Crippen LogP contribution in [0.25, 0.3) is 10.2 Å². The van der Waals surface area contributed by atoms with E-state index < -0.39 is 15.9 Å². The Hall–Kier alpha value is -2.69. The van der Waals surface area contributed by atoms with E-state index in [1.807, 2.05) is 17.6 Å². The van der Waals surface area contributed by atoms with Gasteiger partial charge in [-0.3, -0.25) is 4.79 Å². The molecule has 0 bridgehead atoms. The summed E-state index contributed by atoms with van der Waals surface area (Å²) in [4.78, 5) is 18.0. The number of piperidine rings is 1. The maximum atomic E-state index is 13.0. The molecule has 0 spiro atoms. The van der Waals surface area contributed by atoms with E-state index in [9.17, 15) is 13.2 Å². The summed E-state index contributed by atoms with van der Waals surface area (Å²) >= 11 is 1.37. The van der Waals surface area contributed by atoms with Crippen molar-refractivity contribution in [3.8, 4) is 11.5 Å². The molecule has 182 valence electrons. The minimum Gasteiger partial charge on any atom is -0.497 e. The first-order valence-electron chi connectivity index (χ1n) is 11.2. The number of carbonyl (C=O) groups is 1. The van der Waals surface area contributed by atoms with Crippen LogP contribution in [0.5, 0.6) is 11.5 Å². The number of nitrogens with zero attached hydrogens (tertiary/aromatic N) is 3. The highest BCUT2D eigenvalue weighted by atomic mass is 32.2. The lowest BCUT2D eigenvalue weighted by Crippen LogP contribution is -2.39. The van der Waals surface area contributed by atoms with E-state index in [2.05, 4.69) is 11.9 Å². The highest BCUT2D eigenvalue weighted by Crippen LogP contribution is 2.32. The number of hydrogen-bond acceptors (Lipinski definition) is 6. The predicted molar refractivity (Wildman–Crippen MR) is 132 cm³/mol.